The van der Waals surface area contributed by atoms with Gasteiger partial charge < -0.3 is 0 Å². The zero-order valence-corrected chi connectivity index (χ0v) is 13.8. The summed E-state index contributed by atoms with van der Waals surface area (Å²) in [6, 6.07) is 20.6. The Bertz CT molecular complexity index is 831. The van der Waals surface area contributed by atoms with Crippen molar-refractivity contribution in [1.82, 2.24) is 9.97 Å². The van der Waals surface area contributed by atoms with Crippen LogP contribution in [0.4, 0.5) is 0 Å². The van der Waals surface area contributed by atoms with E-state index in [0.29, 0.717) is 0 Å². The second-order valence-corrected chi connectivity index (χ2v) is 4.75. The summed E-state index contributed by atoms with van der Waals surface area (Å²) in [5, 5.41) is 2.35. The Hall–Kier alpha value is -1.74. The van der Waals surface area contributed by atoms with Crippen LogP contribution in [0, 0.1) is 0 Å². The Morgan fingerprint density at radius 2 is 0.952 bits per heavy atom. The van der Waals surface area contributed by atoms with Crippen LogP contribution < -0.4 is 0 Å². The number of aromatic nitrogens is 2. The quantitative estimate of drug-likeness (QED) is 0.491. The first kappa shape index (κ1) is 14.2. The third kappa shape index (κ3) is 2.46. The van der Waals surface area contributed by atoms with E-state index in [1.165, 1.54) is 21.9 Å². The maximum atomic E-state index is 4.43. The van der Waals surface area contributed by atoms with Crippen molar-refractivity contribution in [3.8, 4) is 11.1 Å². The first-order valence-electron chi connectivity index (χ1n) is 6.61. The fourth-order valence-electron chi connectivity index (χ4n) is 2.66. The number of benzene rings is 2. The molecule has 0 fully saturated rings. The SMILES string of the molecule is [Na].c1ccc2c(-c3ccnc4ccccc34)ccnc2c1. The number of pyridine rings is 2. The van der Waals surface area contributed by atoms with Gasteiger partial charge in [0, 0.05) is 52.7 Å². The molecule has 0 amide bonds. The molecule has 2 aromatic heterocycles. The van der Waals surface area contributed by atoms with Gasteiger partial charge in [-0.25, -0.2) is 0 Å². The maximum absolute atomic E-state index is 4.43. The molecule has 0 spiro atoms. The summed E-state index contributed by atoms with van der Waals surface area (Å²) in [4.78, 5) is 8.86. The molecule has 0 aliphatic rings. The van der Waals surface area contributed by atoms with Crippen molar-refractivity contribution in [2.45, 2.75) is 0 Å². The standard InChI is InChI=1S/C18H12N2.Na/c1-3-7-17-15(5-1)13(9-11-19-17)14-10-12-20-18-8-4-2-6-16(14)18;/h1-12H;. The minimum absolute atomic E-state index is 0. The molecular formula is C18H12N2Na. The van der Waals surface area contributed by atoms with E-state index >= 15 is 0 Å². The van der Waals surface area contributed by atoms with E-state index in [1.54, 1.807) is 0 Å². The Labute approximate surface area is 145 Å². The Morgan fingerprint density at radius 3 is 1.43 bits per heavy atom. The maximum Gasteiger partial charge on any atom is 0.0708 e. The van der Waals surface area contributed by atoms with E-state index in [1.807, 2.05) is 36.7 Å². The average Bonchev–Trinajstić information content (AvgIpc) is 2.54. The molecule has 95 valence electrons. The topological polar surface area (TPSA) is 25.8 Å². The van der Waals surface area contributed by atoms with Gasteiger partial charge in [0.2, 0.25) is 0 Å². The van der Waals surface area contributed by atoms with Crippen LogP contribution in [0.3, 0.4) is 0 Å². The third-order valence-electron chi connectivity index (χ3n) is 3.59. The van der Waals surface area contributed by atoms with Crippen LogP contribution in [-0.4, -0.2) is 39.5 Å². The Kier molecular flexibility index (Phi) is 4.02. The van der Waals surface area contributed by atoms with E-state index in [2.05, 4.69) is 46.4 Å². The number of fused-ring (bicyclic) bond motifs is 2. The van der Waals surface area contributed by atoms with Gasteiger partial charge >= 0.3 is 0 Å². The van der Waals surface area contributed by atoms with Gasteiger partial charge in [-0.1, -0.05) is 36.4 Å². The average molecular weight is 279 g/mol. The molecule has 0 atom stereocenters. The molecule has 4 rings (SSSR count). The molecule has 3 heteroatoms. The van der Waals surface area contributed by atoms with E-state index in [-0.39, 0.29) is 29.6 Å². The number of nitrogens with zero attached hydrogens (tertiary/aromatic N) is 2. The van der Waals surface area contributed by atoms with Crippen LogP contribution in [0.25, 0.3) is 32.9 Å². The second-order valence-electron chi connectivity index (χ2n) is 4.75. The predicted molar refractivity (Wildman–Crippen MR) is 88.2 cm³/mol. The monoisotopic (exact) mass is 279 g/mol. The Morgan fingerprint density at radius 1 is 0.524 bits per heavy atom. The molecule has 1 radical (unpaired) electrons. The summed E-state index contributed by atoms with van der Waals surface area (Å²) in [5.74, 6) is 0. The van der Waals surface area contributed by atoms with Gasteiger partial charge in [-0.15, -0.1) is 0 Å². The van der Waals surface area contributed by atoms with Crippen molar-refractivity contribution in [3.05, 3.63) is 73.1 Å². The molecule has 0 saturated carbocycles. The molecule has 2 nitrogen and oxygen atoms in total. The van der Waals surface area contributed by atoms with Crippen LogP contribution in [-0.2, 0) is 0 Å². The van der Waals surface area contributed by atoms with E-state index in [0.717, 1.165) is 11.0 Å². The molecule has 0 aliphatic heterocycles. The van der Waals surface area contributed by atoms with Gasteiger partial charge in [-0.2, -0.15) is 0 Å². The fraction of sp³-hybridized carbons (Fsp3) is 0. The molecule has 0 N–H and O–H groups in total. The molecule has 0 aliphatic carbocycles. The molecule has 4 aromatic rings. The zero-order valence-electron chi connectivity index (χ0n) is 11.8. The van der Waals surface area contributed by atoms with Crippen molar-refractivity contribution in [1.29, 1.82) is 0 Å². The van der Waals surface area contributed by atoms with E-state index in [9.17, 15) is 0 Å². The van der Waals surface area contributed by atoms with E-state index < -0.39 is 0 Å². The number of para-hydroxylation sites is 2. The normalized spacial score (nSPS) is 10.5. The van der Waals surface area contributed by atoms with Crippen molar-refractivity contribution < 1.29 is 0 Å². The molecule has 0 bridgehead atoms. The van der Waals surface area contributed by atoms with Crippen LogP contribution in [0.1, 0.15) is 0 Å². The van der Waals surface area contributed by atoms with Crippen LogP contribution >= 0.6 is 0 Å². The van der Waals surface area contributed by atoms with Crippen molar-refractivity contribution >= 4 is 51.4 Å². The minimum Gasteiger partial charge on any atom is -0.256 e. The summed E-state index contributed by atoms with van der Waals surface area (Å²) < 4.78 is 0. The first-order chi connectivity index (χ1) is 9.93. The smallest absolute Gasteiger partial charge is 0.0708 e. The van der Waals surface area contributed by atoms with Gasteiger partial charge in [-0.3, -0.25) is 9.97 Å². The van der Waals surface area contributed by atoms with Gasteiger partial charge in [0.1, 0.15) is 0 Å². The van der Waals surface area contributed by atoms with Crippen LogP contribution in [0.2, 0.25) is 0 Å². The van der Waals surface area contributed by atoms with Gasteiger partial charge in [-0.05, 0) is 35.4 Å². The number of hydrogen-bond acceptors (Lipinski definition) is 2. The molecule has 2 aromatic carbocycles. The summed E-state index contributed by atoms with van der Waals surface area (Å²) in [6.07, 6.45) is 3.74. The van der Waals surface area contributed by atoms with Crippen molar-refractivity contribution in [2.75, 3.05) is 0 Å². The van der Waals surface area contributed by atoms with Gasteiger partial charge in [0.15, 0.2) is 0 Å². The van der Waals surface area contributed by atoms with Crippen LogP contribution in [0.5, 0.6) is 0 Å². The summed E-state index contributed by atoms with van der Waals surface area (Å²) >= 11 is 0. The Balaban J connectivity index is 0.00000132. The van der Waals surface area contributed by atoms with E-state index in [4.69, 9.17) is 0 Å². The van der Waals surface area contributed by atoms with Crippen LogP contribution in [0.15, 0.2) is 73.1 Å². The number of rotatable bonds is 1. The summed E-state index contributed by atoms with van der Waals surface area (Å²) in [6.45, 7) is 0. The first-order valence-corrected chi connectivity index (χ1v) is 6.61. The summed E-state index contributed by atoms with van der Waals surface area (Å²) in [5.41, 5.74) is 4.44. The van der Waals surface area contributed by atoms with Gasteiger partial charge in [0.25, 0.3) is 0 Å². The predicted octanol–water partition coefficient (Wildman–Crippen LogP) is 4.07. The van der Waals surface area contributed by atoms with Crippen molar-refractivity contribution in [3.63, 3.8) is 0 Å². The molecular weight excluding hydrogens is 267 g/mol. The molecule has 21 heavy (non-hydrogen) atoms. The fourth-order valence-corrected chi connectivity index (χ4v) is 2.66. The zero-order chi connectivity index (χ0) is 13.4. The minimum atomic E-state index is 0. The number of hydrogen-bond donors (Lipinski definition) is 0. The largest absolute Gasteiger partial charge is 0.256 e. The molecule has 2 heterocycles. The van der Waals surface area contributed by atoms with Gasteiger partial charge in [0.05, 0.1) is 11.0 Å². The summed E-state index contributed by atoms with van der Waals surface area (Å²) in [7, 11) is 0. The molecule has 0 saturated heterocycles. The second kappa shape index (κ2) is 5.94. The molecule has 0 unspecified atom stereocenters. The van der Waals surface area contributed by atoms with Crippen molar-refractivity contribution in [2.24, 2.45) is 0 Å². The third-order valence-corrected chi connectivity index (χ3v) is 3.59.